The summed E-state index contributed by atoms with van der Waals surface area (Å²) < 4.78 is 1.90. The molecule has 2 aromatic rings. The molecular formula is C15H22N6. The van der Waals surface area contributed by atoms with Crippen molar-refractivity contribution in [3.63, 3.8) is 0 Å². The lowest BCUT2D eigenvalue weighted by molar-refractivity contribution is 0.728. The van der Waals surface area contributed by atoms with Gasteiger partial charge in [0.25, 0.3) is 0 Å². The molecule has 112 valence electrons. The number of hydrogen-bond acceptors (Lipinski definition) is 3. The number of aliphatic imine (C=N–C) groups is 1. The molecule has 0 spiro atoms. The Morgan fingerprint density at radius 1 is 1.24 bits per heavy atom. The molecule has 2 aromatic heterocycles. The highest BCUT2D eigenvalue weighted by atomic mass is 15.3. The van der Waals surface area contributed by atoms with Gasteiger partial charge in [-0.15, -0.1) is 0 Å². The molecule has 2 rings (SSSR count). The molecule has 0 fully saturated rings. The van der Waals surface area contributed by atoms with Gasteiger partial charge in [-0.05, 0) is 26.0 Å². The fourth-order valence-corrected chi connectivity index (χ4v) is 2.14. The fourth-order valence-electron chi connectivity index (χ4n) is 2.14. The van der Waals surface area contributed by atoms with E-state index in [1.165, 1.54) is 11.3 Å². The second-order valence-electron chi connectivity index (χ2n) is 4.87. The summed E-state index contributed by atoms with van der Waals surface area (Å²) in [5, 5.41) is 11.0. The van der Waals surface area contributed by atoms with Crippen LogP contribution < -0.4 is 10.6 Å². The van der Waals surface area contributed by atoms with E-state index < -0.39 is 0 Å². The van der Waals surface area contributed by atoms with E-state index in [4.69, 9.17) is 0 Å². The molecule has 6 nitrogen and oxygen atoms in total. The molecule has 0 bridgehead atoms. The van der Waals surface area contributed by atoms with E-state index in [1.54, 1.807) is 13.2 Å². The Labute approximate surface area is 125 Å². The zero-order chi connectivity index (χ0) is 15.2. The first-order valence-electron chi connectivity index (χ1n) is 6.95. The fraction of sp³-hybridized carbons (Fsp3) is 0.400. The Balaban J connectivity index is 1.91. The summed E-state index contributed by atoms with van der Waals surface area (Å²) in [5.74, 6) is 0.753. The maximum Gasteiger partial charge on any atom is 0.191 e. The second kappa shape index (κ2) is 6.88. The highest BCUT2D eigenvalue weighted by Gasteiger charge is 2.09. The summed E-state index contributed by atoms with van der Waals surface area (Å²) in [7, 11) is 3.72. The first kappa shape index (κ1) is 15.0. The molecule has 6 heteroatoms. The zero-order valence-corrected chi connectivity index (χ0v) is 13.0. The third-order valence-corrected chi connectivity index (χ3v) is 3.48. The molecule has 0 saturated heterocycles. The normalized spacial score (nSPS) is 11.5. The Bertz CT molecular complexity index is 615. The van der Waals surface area contributed by atoms with Crippen LogP contribution in [0.3, 0.4) is 0 Å². The maximum atomic E-state index is 4.41. The third-order valence-electron chi connectivity index (χ3n) is 3.48. The summed E-state index contributed by atoms with van der Waals surface area (Å²) in [6.07, 6.45) is 1.79. The van der Waals surface area contributed by atoms with Crippen molar-refractivity contribution in [1.29, 1.82) is 0 Å². The standard InChI is InChI=1S/C15H22N6/c1-11-14(12(2)21(4)20-11)10-19-15(16-3)18-9-13-7-5-6-8-17-13/h5-8H,9-10H2,1-4H3,(H2,16,18,19). The number of aromatic nitrogens is 3. The molecule has 0 aliphatic heterocycles. The predicted molar refractivity (Wildman–Crippen MR) is 84.0 cm³/mol. The third kappa shape index (κ3) is 3.81. The van der Waals surface area contributed by atoms with Crippen LogP contribution in [0.25, 0.3) is 0 Å². The zero-order valence-electron chi connectivity index (χ0n) is 13.0. The van der Waals surface area contributed by atoms with Crippen molar-refractivity contribution < 1.29 is 0 Å². The van der Waals surface area contributed by atoms with Gasteiger partial charge in [0, 0.05) is 38.1 Å². The molecule has 0 amide bonds. The summed E-state index contributed by atoms with van der Waals surface area (Å²) >= 11 is 0. The maximum absolute atomic E-state index is 4.41. The smallest absolute Gasteiger partial charge is 0.191 e. The molecule has 2 heterocycles. The molecule has 0 radical (unpaired) electrons. The van der Waals surface area contributed by atoms with Crippen LogP contribution in [0.5, 0.6) is 0 Å². The van der Waals surface area contributed by atoms with E-state index in [-0.39, 0.29) is 0 Å². The van der Waals surface area contributed by atoms with Crippen LogP contribution in [0.15, 0.2) is 29.4 Å². The molecule has 0 aliphatic carbocycles. The van der Waals surface area contributed by atoms with Crippen LogP contribution in [0, 0.1) is 13.8 Å². The molecule has 0 atom stereocenters. The average molecular weight is 286 g/mol. The van der Waals surface area contributed by atoms with Crippen molar-refractivity contribution in [3.8, 4) is 0 Å². The number of rotatable bonds is 4. The van der Waals surface area contributed by atoms with Gasteiger partial charge in [0.15, 0.2) is 5.96 Å². The minimum atomic E-state index is 0.644. The summed E-state index contributed by atoms with van der Waals surface area (Å²) in [5.41, 5.74) is 4.40. The van der Waals surface area contributed by atoms with Crippen LogP contribution in [0.1, 0.15) is 22.6 Å². The Kier molecular flexibility index (Phi) is 4.92. The average Bonchev–Trinajstić information content (AvgIpc) is 2.74. The van der Waals surface area contributed by atoms with Crippen molar-refractivity contribution in [3.05, 3.63) is 47.0 Å². The first-order valence-corrected chi connectivity index (χ1v) is 6.95. The van der Waals surface area contributed by atoms with Gasteiger partial charge >= 0.3 is 0 Å². The van der Waals surface area contributed by atoms with Gasteiger partial charge in [-0.3, -0.25) is 14.7 Å². The topological polar surface area (TPSA) is 67.1 Å². The lowest BCUT2D eigenvalue weighted by Gasteiger charge is -2.12. The lowest BCUT2D eigenvalue weighted by Crippen LogP contribution is -2.36. The molecule has 0 saturated carbocycles. The number of nitrogens with zero attached hydrogens (tertiary/aromatic N) is 4. The van der Waals surface area contributed by atoms with E-state index in [0.29, 0.717) is 13.1 Å². The van der Waals surface area contributed by atoms with E-state index >= 15 is 0 Å². The molecule has 0 aromatic carbocycles. The number of aryl methyl sites for hydroxylation is 2. The molecule has 0 unspecified atom stereocenters. The van der Waals surface area contributed by atoms with Gasteiger partial charge in [0.1, 0.15) is 0 Å². The van der Waals surface area contributed by atoms with Gasteiger partial charge in [0.2, 0.25) is 0 Å². The van der Waals surface area contributed by atoms with Crippen LogP contribution >= 0.6 is 0 Å². The van der Waals surface area contributed by atoms with Crippen molar-refractivity contribution >= 4 is 5.96 Å². The lowest BCUT2D eigenvalue weighted by atomic mass is 10.2. The highest BCUT2D eigenvalue weighted by molar-refractivity contribution is 5.79. The summed E-state index contributed by atoms with van der Waals surface area (Å²) in [6, 6.07) is 5.86. The van der Waals surface area contributed by atoms with Crippen LogP contribution in [-0.2, 0) is 20.1 Å². The van der Waals surface area contributed by atoms with Crippen LogP contribution in [0.2, 0.25) is 0 Å². The van der Waals surface area contributed by atoms with Crippen molar-refractivity contribution in [2.24, 2.45) is 12.0 Å². The van der Waals surface area contributed by atoms with Crippen molar-refractivity contribution in [2.45, 2.75) is 26.9 Å². The van der Waals surface area contributed by atoms with E-state index in [1.807, 2.05) is 36.9 Å². The Morgan fingerprint density at radius 3 is 2.57 bits per heavy atom. The number of pyridine rings is 1. The number of guanidine groups is 1. The second-order valence-corrected chi connectivity index (χ2v) is 4.87. The predicted octanol–water partition coefficient (Wildman–Crippen LogP) is 1.30. The van der Waals surface area contributed by atoms with Gasteiger partial charge in [-0.2, -0.15) is 5.10 Å². The Morgan fingerprint density at radius 2 is 2.00 bits per heavy atom. The number of hydrogen-bond donors (Lipinski definition) is 2. The van der Waals surface area contributed by atoms with Crippen molar-refractivity contribution in [1.82, 2.24) is 25.4 Å². The van der Waals surface area contributed by atoms with Crippen molar-refractivity contribution in [2.75, 3.05) is 7.05 Å². The van der Waals surface area contributed by atoms with Crippen LogP contribution in [-0.4, -0.2) is 27.8 Å². The molecule has 2 N–H and O–H groups in total. The minimum Gasteiger partial charge on any atom is -0.352 e. The van der Waals surface area contributed by atoms with Gasteiger partial charge in [-0.1, -0.05) is 6.07 Å². The Hall–Kier alpha value is -2.37. The van der Waals surface area contributed by atoms with Gasteiger partial charge in [0.05, 0.1) is 17.9 Å². The number of nitrogens with one attached hydrogen (secondary N) is 2. The van der Waals surface area contributed by atoms with E-state index in [0.717, 1.165) is 17.3 Å². The summed E-state index contributed by atoms with van der Waals surface area (Å²) in [4.78, 5) is 8.50. The molecule has 21 heavy (non-hydrogen) atoms. The van der Waals surface area contributed by atoms with E-state index in [9.17, 15) is 0 Å². The largest absolute Gasteiger partial charge is 0.352 e. The van der Waals surface area contributed by atoms with Gasteiger partial charge < -0.3 is 10.6 Å². The monoisotopic (exact) mass is 286 g/mol. The highest BCUT2D eigenvalue weighted by Crippen LogP contribution is 2.10. The van der Waals surface area contributed by atoms with Crippen LogP contribution in [0.4, 0.5) is 0 Å². The molecule has 0 aliphatic rings. The first-order chi connectivity index (χ1) is 10.1. The minimum absolute atomic E-state index is 0.644. The van der Waals surface area contributed by atoms with Gasteiger partial charge in [-0.25, -0.2) is 0 Å². The SMILES string of the molecule is CN=C(NCc1ccccn1)NCc1c(C)nn(C)c1C. The summed E-state index contributed by atoms with van der Waals surface area (Å²) in [6.45, 7) is 5.44. The quantitative estimate of drug-likeness (QED) is 0.656. The van der Waals surface area contributed by atoms with E-state index in [2.05, 4.69) is 32.6 Å². The molecular weight excluding hydrogens is 264 g/mol.